The van der Waals surface area contributed by atoms with Gasteiger partial charge in [-0.25, -0.2) is 4.79 Å². The molecule has 140 valence electrons. The predicted octanol–water partition coefficient (Wildman–Crippen LogP) is 3.35. The van der Waals surface area contributed by atoms with Crippen LogP contribution in [0.25, 0.3) is 0 Å². The lowest BCUT2D eigenvalue weighted by Crippen LogP contribution is -2.35. The van der Waals surface area contributed by atoms with E-state index in [-0.39, 0.29) is 11.8 Å². The molecule has 1 saturated heterocycles. The van der Waals surface area contributed by atoms with Crippen LogP contribution in [0.4, 0.5) is 5.69 Å². The maximum Gasteiger partial charge on any atom is 0.337 e. The third-order valence-electron chi connectivity index (χ3n) is 4.58. The highest BCUT2D eigenvalue weighted by Gasteiger charge is 2.18. The number of ether oxygens (including phenoxy) is 1. The van der Waals surface area contributed by atoms with Crippen molar-refractivity contribution in [1.82, 2.24) is 4.90 Å². The van der Waals surface area contributed by atoms with E-state index in [2.05, 4.69) is 10.1 Å². The Morgan fingerprint density at radius 1 is 0.889 bits per heavy atom. The maximum absolute atomic E-state index is 12.5. The average Bonchev–Trinajstić information content (AvgIpc) is 2.73. The standard InChI is InChI=1S/C21H22N2O4/c1-27-21(26)17-6-5-7-18(14-17)22-19(24)15-8-10-16(11-9-15)20(25)23-12-3-2-4-13-23/h5-11,14H,2-4,12-13H2,1H3,(H,22,24). The lowest BCUT2D eigenvalue weighted by atomic mass is 10.1. The zero-order chi connectivity index (χ0) is 19.2. The van der Waals surface area contributed by atoms with Gasteiger partial charge in [0.15, 0.2) is 0 Å². The molecule has 2 amide bonds. The van der Waals surface area contributed by atoms with Crippen LogP contribution >= 0.6 is 0 Å². The van der Waals surface area contributed by atoms with Crippen LogP contribution in [-0.2, 0) is 4.74 Å². The fraction of sp³-hybridized carbons (Fsp3) is 0.286. The summed E-state index contributed by atoms with van der Waals surface area (Å²) in [4.78, 5) is 38.3. The Morgan fingerprint density at radius 3 is 2.22 bits per heavy atom. The van der Waals surface area contributed by atoms with E-state index in [9.17, 15) is 14.4 Å². The van der Waals surface area contributed by atoms with Crippen molar-refractivity contribution in [2.75, 3.05) is 25.5 Å². The molecule has 1 aliphatic rings. The second-order valence-electron chi connectivity index (χ2n) is 6.46. The van der Waals surface area contributed by atoms with Crippen LogP contribution in [0.5, 0.6) is 0 Å². The second kappa shape index (κ2) is 8.49. The van der Waals surface area contributed by atoms with Gasteiger partial charge in [-0.1, -0.05) is 6.07 Å². The Kier molecular flexibility index (Phi) is 5.86. The Morgan fingerprint density at radius 2 is 1.56 bits per heavy atom. The van der Waals surface area contributed by atoms with E-state index in [4.69, 9.17) is 0 Å². The molecule has 0 aliphatic carbocycles. The Balaban J connectivity index is 1.67. The number of likely N-dealkylation sites (tertiary alicyclic amines) is 1. The maximum atomic E-state index is 12.5. The Bertz CT molecular complexity index is 840. The predicted molar refractivity (Wildman–Crippen MR) is 102 cm³/mol. The summed E-state index contributed by atoms with van der Waals surface area (Å²) in [6.07, 6.45) is 3.24. The molecule has 0 bridgehead atoms. The minimum atomic E-state index is -0.466. The number of amides is 2. The Labute approximate surface area is 158 Å². The number of nitrogens with one attached hydrogen (secondary N) is 1. The van der Waals surface area contributed by atoms with Crippen LogP contribution in [0.3, 0.4) is 0 Å². The fourth-order valence-corrected chi connectivity index (χ4v) is 3.09. The summed E-state index contributed by atoms with van der Waals surface area (Å²) in [5, 5.41) is 2.75. The highest BCUT2D eigenvalue weighted by Crippen LogP contribution is 2.16. The van der Waals surface area contributed by atoms with Crippen molar-refractivity contribution in [3.63, 3.8) is 0 Å². The van der Waals surface area contributed by atoms with Gasteiger partial charge in [0.05, 0.1) is 12.7 Å². The smallest absolute Gasteiger partial charge is 0.337 e. The summed E-state index contributed by atoms with van der Waals surface area (Å²) >= 11 is 0. The molecule has 27 heavy (non-hydrogen) atoms. The van der Waals surface area contributed by atoms with Crippen LogP contribution in [0.1, 0.15) is 50.3 Å². The van der Waals surface area contributed by atoms with Gasteiger partial charge in [-0.05, 0) is 61.7 Å². The number of rotatable bonds is 4. The molecule has 2 aromatic carbocycles. The molecule has 0 radical (unpaired) electrons. The fourth-order valence-electron chi connectivity index (χ4n) is 3.09. The van der Waals surface area contributed by atoms with E-state index >= 15 is 0 Å². The molecule has 3 rings (SSSR count). The quantitative estimate of drug-likeness (QED) is 0.842. The van der Waals surface area contributed by atoms with Crippen molar-refractivity contribution in [1.29, 1.82) is 0 Å². The molecule has 6 nitrogen and oxygen atoms in total. The van der Waals surface area contributed by atoms with E-state index in [0.29, 0.717) is 22.4 Å². The molecular formula is C21H22N2O4. The number of carbonyl (C=O) groups is 3. The minimum Gasteiger partial charge on any atom is -0.465 e. The van der Waals surface area contributed by atoms with E-state index in [1.807, 2.05) is 4.90 Å². The number of esters is 1. The molecule has 0 spiro atoms. The summed E-state index contributed by atoms with van der Waals surface area (Å²) in [6, 6.07) is 13.2. The summed E-state index contributed by atoms with van der Waals surface area (Å²) in [6.45, 7) is 1.58. The zero-order valence-electron chi connectivity index (χ0n) is 15.2. The van der Waals surface area contributed by atoms with Gasteiger partial charge in [-0.15, -0.1) is 0 Å². The van der Waals surface area contributed by atoms with Crippen LogP contribution in [0.2, 0.25) is 0 Å². The van der Waals surface area contributed by atoms with Crippen molar-refractivity contribution in [2.24, 2.45) is 0 Å². The van der Waals surface area contributed by atoms with Crippen molar-refractivity contribution in [3.8, 4) is 0 Å². The number of hydrogen-bond donors (Lipinski definition) is 1. The molecule has 0 aromatic heterocycles. The largest absolute Gasteiger partial charge is 0.465 e. The summed E-state index contributed by atoms with van der Waals surface area (Å²) in [7, 11) is 1.31. The number of hydrogen-bond acceptors (Lipinski definition) is 4. The molecule has 0 saturated carbocycles. The van der Waals surface area contributed by atoms with E-state index in [0.717, 1.165) is 25.9 Å². The Hall–Kier alpha value is -3.15. The summed E-state index contributed by atoms with van der Waals surface area (Å²) < 4.78 is 4.68. The van der Waals surface area contributed by atoms with Crippen molar-refractivity contribution in [3.05, 3.63) is 65.2 Å². The summed E-state index contributed by atoms with van der Waals surface area (Å²) in [5.41, 5.74) is 1.88. The number of anilines is 1. The first-order chi connectivity index (χ1) is 13.1. The number of benzene rings is 2. The van der Waals surface area contributed by atoms with Gasteiger partial charge in [0, 0.05) is 29.9 Å². The molecule has 0 unspecified atom stereocenters. The molecular weight excluding hydrogens is 344 g/mol. The molecule has 1 aliphatic heterocycles. The average molecular weight is 366 g/mol. The number of carbonyl (C=O) groups excluding carboxylic acids is 3. The monoisotopic (exact) mass is 366 g/mol. The zero-order valence-corrected chi connectivity index (χ0v) is 15.2. The van der Waals surface area contributed by atoms with Crippen molar-refractivity contribution < 1.29 is 19.1 Å². The van der Waals surface area contributed by atoms with Crippen LogP contribution in [-0.4, -0.2) is 42.9 Å². The first kappa shape index (κ1) is 18.6. The first-order valence-electron chi connectivity index (χ1n) is 8.97. The minimum absolute atomic E-state index is 0.00689. The topological polar surface area (TPSA) is 75.7 Å². The molecule has 1 fully saturated rings. The van der Waals surface area contributed by atoms with Gasteiger partial charge in [0.1, 0.15) is 0 Å². The van der Waals surface area contributed by atoms with E-state index in [1.165, 1.54) is 13.5 Å². The van der Waals surface area contributed by atoms with Crippen molar-refractivity contribution >= 4 is 23.5 Å². The van der Waals surface area contributed by atoms with Gasteiger partial charge in [0.25, 0.3) is 11.8 Å². The summed E-state index contributed by atoms with van der Waals surface area (Å²) in [5.74, 6) is -0.770. The number of piperidine rings is 1. The highest BCUT2D eigenvalue weighted by molar-refractivity contribution is 6.05. The molecule has 6 heteroatoms. The SMILES string of the molecule is COC(=O)c1cccc(NC(=O)c2ccc(C(=O)N3CCCCC3)cc2)c1. The number of nitrogens with zero attached hydrogens (tertiary/aromatic N) is 1. The van der Waals surface area contributed by atoms with Crippen LogP contribution in [0, 0.1) is 0 Å². The third kappa shape index (κ3) is 4.53. The second-order valence-corrected chi connectivity index (χ2v) is 6.46. The number of methoxy groups -OCH3 is 1. The van der Waals surface area contributed by atoms with Crippen LogP contribution in [0.15, 0.2) is 48.5 Å². The molecule has 1 heterocycles. The van der Waals surface area contributed by atoms with Crippen LogP contribution < -0.4 is 5.32 Å². The van der Waals surface area contributed by atoms with Gasteiger partial charge in [0.2, 0.25) is 0 Å². The van der Waals surface area contributed by atoms with Gasteiger partial charge < -0.3 is 15.0 Å². The first-order valence-corrected chi connectivity index (χ1v) is 8.97. The highest BCUT2D eigenvalue weighted by atomic mass is 16.5. The van der Waals surface area contributed by atoms with Gasteiger partial charge >= 0.3 is 5.97 Å². The van der Waals surface area contributed by atoms with E-state index in [1.54, 1.807) is 48.5 Å². The van der Waals surface area contributed by atoms with E-state index < -0.39 is 5.97 Å². The molecule has 2 aromatic rings. The normalized spacial score (nSPS) is 13.7. The van der Waals surface area contributed by atoms with Gasteiger partial charge in [-0.3, -0.25) is 9.59 Å². The lowest BCUT2D eigenvalue weighted by molar-refractivity contribution is 0.0600. The molecule has 0 atom stereocenters. The third-order valence-corrected chi connectivity index (χ3v) is 4.58. The van der Waals surface area contributed by atoms with Gasteiger partial charge in [-0.2, -0.15) is 0 Å². The van der Waals surface area contributed by atoms with Crippen molar-refractivity contribution in [2.45, 2.75) is 19.3 Å². The lowest BCUT2D eigenvalue weighted by Gasteiger charge is -2.26. The molecule has 1 N–H and O–H groups in total.